The molecule has 0 aromatic rings. The minimum Gasteiger partial charge on any atom is 0 e. The van der Waals surface area contributed by atoms with Gasteiger partial charge in [-0.05, 0) is 0 Å². The topological polar surface area (TPSA) is 0 Å². The minimum absolute atomic E-state index is 0. The summed E-state index contributed by atoms with van der Waals surface area (Å²) in [5.74, 6) is 0. The molecule has 0 saturated carbocycles. The molecule has 5 radical (unpaired) electrons. The van der Waals surface area contributed by atoms with Crippen LogP contribution in [0.3, 0.4) is 0 Å². The fraction of sp³-hybridized carbons (Fsp3) is 0. The Morgan fingerprint density at radius 2 is 1.00 bits per heavy atom. The molecular weight excluding hydrogens is 290 g/mol. The van der Waals surface area contributed by atoms with E-state index < -0.39 is 0 Å². The van der Waals surface area contributed by atoms with Gasteiger partial charge in [-0.1, -0.05) is 0 Å². The first-order valence-corrected chi connectivity index (χ1v) is 0. The Kier molecular flexibility index (Phi) is 329. The molecule has 5 heavy (non-hydrogen) atoms. The normalized spacial score (nSPS) is 0. The molecule has 5 heteroatoms. The molecule has 0 fully saturated rings. The smallest absolute Gasteiger partial charge is 0 e. The molecule has 0 amide bonds. The Hall–Kier alpha value is 2.45. The maximum Gasteiger partial charge on any atom is 0 e. The quantitative estimate of drug-likeness (QED) is 0.533. The van der Waals surface area contributed by atoms with Gasteiger partial charge in [0.2, 0.25) is 0 Å². The van der Waals surface area contributed by atoms with Crippen molar-refractivity contribution in [1.82, 2.24) is 0 Å². The Morgan fingerprint density at radius 1 is 1.00 bits per heavy atom. The van der Waals surface area contributed by atoms with Crippen LogP contribution in [-0.4, -0.2) is 11.0 Å². The summed E-state index contributed by atoms with van der Waals surface area (Å²) in [4.78, 5) is 0. The second kappa shape index (κ2) is 31.9. The molecule has 0 N–H and O–H groups in total. The molecule has 0 aliphatic heterocycles. The van der Waals surface area contributed by atoms with E-state index in [2.05, 4.69) is 0 Å². The van der Waals surface area contributed by atoms with E-state index in [4.69, 9.17) is 0 Å². The van der Waals surface area contributed by atoms with Crippen molar-refractivity contribution in [3.8, 4) is 0 Å². The molecule has 0 aromatic heterocycles. The first-order chi connectivity index (χ1) is 0. The summed E-state index contributed by atoms with van der Waals surface area (Å²) < 4.78 is 0. The SMILES string of the molecule is [Cr].[Mn].[Mo].[Ni].[Si]. The van der Waals surface area contributed by atoms with Crippen LogP contribution in [0.1, 0.15) is 0 Å². The van der Waals surface area contributed by atoms with E-state index in [9.17, 15) is 0 Å². The van der Waals surface area contributed by atoms with Crippen LogP contribution >= 0.6 is 0 Å². The van der Waals surface area contributed by atoms with E-state index >= 15 is 0 Å². The van der Waals surface area contributed by atoms with Crippen molar-refractivity contribution in [2.75, 3.05) is 0 Å². The maximum atomic E-state index is 0. The van der Waals surface area contributed by atoms with Crippen LogP contribution in [0.4, 0.5) is 0 Å². The zero-order chi connectivity index (χ0) is 0. The Labute approximate surface area is 82.0 Å². The van der Waals surface area contributed by atoms with Gasteiger partial charge in [0.15, 0.2) is 0 Å². The third-order valence-electron chi connectivity index (χ3n) is 0. The van der Waals surface area contributed by atoms with Crippen LogP contribution in [0.2, 0.25) is 0 Å². The molecule has 0 nitrogen and oxygen atoms in total. The summed E-state index contributed by atoms with van der Waals surface area (Å²) in [5, 5.41) is 0. The Morgan fingerprint density at radius 3 is 1.00 bits per heavy atom. The second-order valence-electron chi connectivity index (χ2n) is 0. The van der Waals surface area contributed by atoms with Gasteiger partial charge in [0, 0.05) is 83.0 Å². The van der Waals surface area contributed by atoms with E-state index in [1.165, 1.54) is 0 Å². The predicted molar refractivity (Wildman–Crippen MR) is 5.75 cm³/mol. The predicted octanol–water partition coefficient (Wildman–Crippen LogP) is -0.391. The van der Waals surface area contributed by atoms with Crippen molar-refractivity contribution in [3.63, 3.8) is 0 Å². The van der Waals surface area contributed by atoms with Crippen LogP contribution in [0.15, 0.2) is 0 Å². The summed E-state index contributed by atoms with van der Waals surface area (Å²) >= 11 is 0. The number of hydrogen-bond acceptors (Lipinski definition) is 0. The van der Waals surface area contributed by atoms with Crippen molar-refractivity contribution < 1.29 is 72.0 Å². The summed E-state index contributed by atoms with van der Waals surface area (Å²) in [6.45, 7) is 0. The number of rotatable bonds is 0. The summed E-state index contributed by atoms with van der Waals surface area (Å²) in [6.07, 6.45) is 0. The van der Waals surface area contributed by atoms with E-state index in [-0.39, 0.29) is 83.0 Å². The molecule has 0 bridgehead atoms. The summed E-state index contributed by atoms with van der Waals surface area (Å²) in [7, 11) is 0. The van der Waals surface area contributed by atoms with Crippen molar-refractivity contribution >= 4 is 11.0 Å². The van der Waals surface area contributed by atoms with Crippen LogP contribution in [0.5, 0.6) is 0 Å². The largest absolute Gasteiger partial charge is 0 e. The minimum atomic E-state index is 0. The molecule has 0 heterocycles. The Bertz CT molecular complexity index is 11.6. The van der Waals surface area contributed by atoms with Gasteiger partial charge in [0.1, 0.15) is 0 Å². The Balaban J connectivity index is 0. The molecule has 0 aromatic carbocycles. The third-order valence-corrected chi connectivity index (χ3v) is 0. The molecular formula is CrMnMoNiSi. The van der Waals surface area contributed by atoms with E-state index in [1.807, 2.05) is 0 Å². The summed E-state index contributed by atoms with van der Waals surface area (Å²) in [5.41, 5.74) is 0. The second-order valence-corrected chi connectivity index (χ2v) is 0. The average molecular weight is 290 g/mol. The van der Waals surface area contributed by atoms with Crippen LogP contribution in [0.25, 0.3) is 0 Å². The van der Waals surface area contributed by atoms with Crippen LogP contribution in [0, 0.1) is 0 Å². The molecule has 0 spiro atoms. The zero-order valence-corrected chi connectivity index (χ0v) is 8.46. The van der Waals surface area contributed by atoms with Gasteiger partial charge in [-0.2, -0.15) is 0 Å². The van der Waals surface area contributed by atoms with E-state index in [0.29, 0.717) is 0 Å². The average Bonchev–Trinajstić information content (AvgIpc) is 0. The molecule has 0 atom stereocenters. The van der Waals surface area contributed by atoms with Gasteiger partial charge < -0.3 is 0 Å². The van der Waals surface area contributed by atoms with Gasteiger partial charge in [-0.15, -0.1) is 0 Å². The fourth-order valence-corrected chi connectivity index (χ4v) is 0. The fourth-order valence-electron chi connectivity index (χ4n) is 0. The first-order valence-electron chi connectivity index (χ1n) is 0. The van der Waals surface area contributed by atoms with Gasteiger partial charge in [-0.25, -0.2) is 0 Å². The first kappa shape index (κ1) is 51.6. The summed E-state index contributed by atoms with van der Waals surface area (Å²) in [6, 6.07) is 0. The monoisotopic (exact) mass is 291 g/mol. The van der Waals surface area contributed by atoms with Gasteiger partial charge in [0.05, 0.1) is 0 Å². The molecule has 0 aliphatic carbocycles. The van der Waals surface area contributed by atoms with Crippen molar-refractivity contribution in [2.24, 2.45) is 0 Å². The van der Waals surface area contributed by atoms with Crippen molar-refractivity contribution in [3.05, 3.63) is 0 Å². The molecule has 0 aliphatic rings. The third kappa shape index (κ3) is 21.3. The van der Waals surface area contributed by atoms with E-state index in [1.54, 1.807) is 0 Å². The van der Waals surface area contributed by atoms with Gasteiger partial charge >= 0.3 is 0 Å². The van der Waals surface area contributed by atoms with Gasteiger partial charge in [-0.3, -0.25) is 0 Å². The van der Waals surface area contributed by atoms with Crippen LogP contribution in [-0.2, 0) is 72.0 Å². The molecule has 0 rings (SSSR count). The van der Waals surface area contributed by atoms with Gasteiger partial charge in [0.25, 0.3) is 0 Å². The molecule has 0 saturated heterocycles. The van der Waals surface area contributed by atoms with E-state index in [0.717, 1.165) is 0 Å². The van der Waals surface area contributed by atoms with Crippen molar-refractivity contribution in [1.29, 1.82) is 0 Å². The zero-order valence-electron chi connectivity index (χ0n) is 2.01. The standard InChI is InChI=1S/Cr.Mn.Mo.Ni.Si. The molecule has 33 valence electrons. The molecule has 0 unspecified atom stereocenters. The number of hydrogen-bond donors (Lipinski definition) is 0. The maximum absolute atomic E-state index is 0. The van der Waals surface area contributed by atoms with Crippen molar-refractivity contribution in [2.45, 2.75) is 0 Å². The van der Waals surface area contributed by atoms with Crippen LogP contribution < -0.4 is 0 Å².